The topological polar surface area (TPSA) is 55.4 Å². The van der Waals surface area contributed by atoms with Gasteiger partial charge in [-0.05, 0) is 18.4 Å². The highest BCUT2D eigenvalue weighted by Gasteiger charge is 2.15. The third-order valence-electron chi connectivity index (χ3n) is 2.55. The number of nitrogens with one attached hydrogen (secondary N) is 1. The molecule has 6 heteroatoms. The van der Waals surface area contributed by atoms with Crippen LogP contribution in [-0.4, -0.2) is 30.5 Å². The Morgan fingerprint density at radius 2 is 2.21 bits per heavy atom. The van der Waals surface area contributed by atoms with Crippen LogP contribution in [0.5, 0.6) is 0 Å². The summed E-state index contributed by atoms with van der Waals surface area (Å²) in [6.07, 6.45) is 0. The lowest BCUT2D eigenvalue weighted by molar-refractivity contribution is -0.144. The number of hydrogen-bond donors (Lipinski definition) is 1. The molecule has 0 saturated heterocycles. The Balaban J connectivity index is 2.23. The second-order valence-electron chi connectivity index (χ2n) is 4.24. The van der Waals surface area contributed by atoms with Crippen molar-refractivity contribution in [2.75, 3.05) is 18.6 Å². The van der Waals surface area contributed by atoms with Crippen LogP contribution in [0.1, 0.15) is 24.8 Å². The fraction of sp³-hybridized carbons (Fsp3) is 0.538. The summed E-state index contributed by atoms with van der Waals surface area (Å²) in [6, 6.07) is 4.00. The van der Waals surface area contributed by atoms with Crippen LogP contribution in [0.3, 0.4) is 0 Å². The molecule has 0 aliphatic heterocycles. The van der Waals surface area contributed by atoms with Gasteiger partial charge >= 0.3 is 5.97 Å². The van der Waals surface area contributed by atoms with E-state index in [4.69, 9.17) is 0 Å². The number of rotatable bonds is 7. The second kappa shape index (κ2) is 8.22. The molecule has 19 heavy (non-hydrogen) atoms. The molecule has 1 aromatic rings. The van der Waals surface area contributed by atoms with Gasteiger partial charge in [-0.3, -0.25) is 9.59 Å². The zero-order valence-corrected chi connectivity index (χ0v) is 13.0. The van der Waals surface area contributed by atoms with Crippen molar-refractivity contribution in [3.05, 3.63) is 22.4 Å². The molecule has 0 aliphatic rings. The van der Waals surface area contributed by atoms with E-state index >= 15 is 0 Å². The molecule has 1 N–H and O–H groups in total. The lowest BCUT2D eigenvalue weighted by Crippen LogP contribution is -2.28. The number of hydrogen-bond acceptors (Lipinski definition) is 5. The van der Waals surface area contributed by atoms with E-state index in [1.165, 1.54) is 18.9 Å². The first kappa shape index (κ1) is 16.0. The molecule has 0 aliphatic carbocycles. The maximum Gasteiger partial charge on any atom is 0.309 e. The minimum absolute atomic E-state index is 0.0111. The number of carbonyl (C=O) groups is 2. The molecular formula is C13H19NO3S2. The SMILES string of the molecule is COC(=O)C(C)CSCC(=O)NC(C)c1cccs1. The van der Waals surface area contributed by atoms with Gasteiger partial charge < -0.3 is 10.1 Å². The largest absolute Gasteiger partial charge is 0.469 e. The van der Waals surface area contributed by atoms with E-state index in [1.807, 2.05) is 24.4 Å². The summed E-state index contributed by atoms with van der Waals surface area (Å²) in [6.45, 7) is 3.76. The number of ether oxygens (including phenoxy) is 1. The van der Waals surface area contributed by atoms with E-state index in [2.05, 4.69) is 10.1 Å². The van der Waals surface area contributed by atoms with Crippen LogP contribution in [0.25, 0.3) is 0 Å². The van der Waals surface area contributed by atoms with Gasteiger partial charge in [0.2, 0.25) is 5.91 Å². The average molecular weight is 301 g/mol. The molecule has 1 aromatic heterocycles. The van der Waals surface area contributed by atoms with Crippen LogP contribution in [0.15, 0.2) is 17.5 Å². The first-order valence-electron chi connectivity index (χ1n) is 6.03. The van der Waals surface area contributed by atoms with Gasteiger partial charge in [0.1, 0.15) is 0 Å². The van der Waals surface area contributed by atoms with Crippen LogP contribution in [0.2, 0.25) is 0 Å². The minimum atomic E-state index is -0.236. The van der Waals surface area contributed by atoms with Crippen LogP contribution < -0.4 is 5.32 Å². The van der Waals surface area contributed by atoms with Gasteiger partial charge in [0, 0.05) is 10.6 Å². The van der Waals surface area contributed by atoms with Crippen molar-refractivity contribution in [3.63, 3.8) is 0 Å². The van der Waals surface area contributed by atoms with Crippen molar-refractivity contribution in [1.82, 2.24) is 5.32 Å². The van der Waals surface area contributed by atoms with Crippen molar-refractivity contribution < 1.29 is 14.3 Å². The van der Waals surface area contributed by atoms with E-state index in [9.17, 15) is 9.59 Å². The Bertz CT molecular complexity index is 406. The summed E-state index contributed by atoms with van der Waals surface area (Å²) in [4.78, 5) is 24.1. The molecule has 0 spiro atoms. The third kappa shape index (κ3) is 5.65. The van der Waals surface area contributed by atoms with Gasteiger partial charge in [-0.2, -0.15) is 11.8 Å². The maximum atomic E-state index is 11.7. The Kier molecular flexibility index (Phi) is 6.94. The summed E-state index contributed by atoms with van der Waals surface area (Å²) in [5.41, 5.74) is 0. The number of esters is 1. The van der Waals surface area contributed by atoms with Gasteiger partial charge in [-0.25, -0.2) is 0 Å². The first-order valence-corrected chi connectivity index (χ1v) is 8.06. The molecule has 1 amide bonds. The van der Waals surface area contributed by atoms with E-state index in [1.54, 1.807) is 18.3 Å². The molecule has 0 saturated carbocycles. The molecule has 0 fully saturated rings. The van der Waals surface area contributed by atoms with Crippen LogP contribution in [-0.2, 0) is 14.3 Å². The fourth-order valence-corrected chi connectivity index (χ4v) is 3.10. The monoisotopic (exact) mass is 301 g/mol. The summed E-state index contributed by atoms with van der Waals surface area (Å²) in [5.74, 6) is 0.519. The van der Waals surface area contributed by atoms with E-state index in [-0.39, 0.29) is 23.8 Å². The zero-order valence-electron chi connectivity index (χ0n) is 11.3. The second-order valence-corrected chi connectivity index (χ2v) is 6.25. The lowest BCUT2D eigenvalue weighted by atomic mass is 10.2. The van der Waals surface area contributed by atoms with Crippen LogP contribution >= 0.6 is 23.1 Å². The normalized spacial score (nSPS) is 13.6. The van der Waals surface area contributed by atoms with Crippen LogP contribution in [0, 0.1) is 5.92 Å². The van der Waals surface area contributed by atoms with E-state index in [0.29, 0.717) is 11.5 Å². The Labute approximate surface area is 121 Å². The van der Waals surface area contributed by atoms with Gasteiger partial charge in [-0.1, -0.05) is 13.0 Å². The summed E-state index contributed by atoms with van der Waals surface area (Å²) in [5, 5.41) is 4.92. The number of carbonyl (C=O) groups excluding carboxylic acids is 2. The lowest BCUT2D eigenvalue weighted by Gasteiger charge is -2.12. The molecule has 0 aromatic carbocycles. The fourth-order valence-electron chi connectivity index (χ4n) is 1.49. The summed E-state index contributed by atoms with van der Waals surface area (Å²) in [7, 11) is 1.37. The first-order chi connectivity index (χ1) is 9.04. The summed E-state index contributed by atoms with van der Waals surface area (Å²) >= 11 is 3.07. The Hall–Kier alpha value is -1.01. The van der Waals surface area contributed by atoms with E-state index < -0.39 is 0 Å². The number of thioether (sulfide) groups is 1. The van der Waals surface area contributed by atoms with Gasteiger partial charge in [0.15, 0.2) is 0 Å². The predicted octanol–water partition coefficient (Wildman–Crippen LogP) is 2.47. The van der Waals surface area contributed by atoms with Crippen molar-refractivity contribution in [3.8, 4) is 0 Å². The molecule has 2 unspecified atom stereocenters. The molecule has 1 heterocycles. The zero-order chi connectivity index (χ0) is 14.3. The quantitative estimate of drug-likeness (QED) is 0.786. The molecule has 4 nitrogen and oxygen atoms in total. The van der Waals surface area contributed by atoms with Crippen molar-refractivity contribution in [2.24, 2.45) is 5.92 Å². The number of amides is 1. The highest BCUT2D eigenvalue weighted by atomic mass is 32.2. The maximum absolute atomic E-state index is 11.7. The predicted molar refractivity (Wildman–Crippen MR) is 79.4 cm³/mol. The number of thiophene rings is 1. The minimum Gasteiger partial charge on any atom is -0.469 e. The van der Waals surface area contributed by atoms with Crippen molar-refractivity contribution in [2.45, 2.75) is 19.9 Å². The molecule has 0 radical (unpaired) electrons. The highest BCUT2D eigenvalue weighted by Crippen LogP contribution is 2.18. The Morgan fingerprint density at radius 1 is 1.47 bits per heavy atom. The third-order valence-corrected chi connectivity index (χ3v) is 4.81. The average Bonchev–Trinajstić information content (AvgIpc) is 2.91. The van der Waals surface area contributed by atoms with Gasteiger partial charge in [0.05, 0.1) is 24.8 Å². The standard InChI is InChI=1S/C13H19NO3S2/c1-9(13(16)17-3)7-18-8-12(15)14-10(2)11-5-4-6-19-11/h4-6,9-10H,7-8H2,1-3H3,(H,14,15). The molecule has 106 valence electrons. The van der Waals surface area contributed by atoms with Crippen molar-refractivity contribution in [1.29, 1.82) is 0 Å². The number of methoxy groups -OCH3 is 1. The smallest absolute Gasteiger partial charge is 0.309 e. The van der Waals surface area contributed by atoms with Crippen molar-refractivity contribution >= 4 is 35.0 Å². The highest BCUT2D eigenvalue weighted by molar-refractivity contribution is 7.99. The molecule has 2 atom stereocenters. The molecular weight excluding hydrogens is 282 g/mol. The molecule has 1 rings (SSSR count). The van der Waals surface area contributed by atoms with Crippen LogP contribution in [0.4, 0.5) is 0 Å². The van der Waals surface area contributed by atoms with Gasteiger partial charge in [0.25, 0.3) is 0 Å². The van der Waals surface area contributed by atoms with Gasteiger partial charge in [-0.15, -0.1) is 11.3 Å². The molecule has 0 bridgehead atoms. The van der Waals surface area contributed by atoms with E-state index in [0.717, 1.165) is 4.88 Å². The summed E-state index contributed by atoms with van der Waals surface area (Å²) < 4.78 is 4.63. The Morgan fingerprint density at radius 3 is 2.79 bits per heavy atom.